The van der Waals surface area contributed by atoms with Crippen molar-refractivity contribution >= 4 is 27.9 Å². The van der Waals surface area contributed by atoms with E-state index in [-0.39, 0.29) is 25.4 Å². The van der Waals surface area contributed by atoms with Crippen LogP contribution in [-0.2, 0) is 17.5 Å². The van der Waals surface area contributed by atoms with Crippen LogP contribution in [0.1, 0.15) is 22.3 Å². The Morgan fingerprint density at radius 1 is 1.29 bits per heavy atom. The lowest BCUT2D eigenvalue weighted by atomic mass is 10.2. The lowest BCUT2D eigenvalue weighted by Crippen LogP contribution is -2.27. The molecule has 0 saturated carbocycles. The van der Waals surface area contributed by atoms with Crippen LogP contribution in [0.2, 0.25) is 0 Å². The van der Waals surface area contributed by atoms with Crippen LogP contribution >= 0.6 is 0 Å². The van der Waals surface area contributed by atoms with Gasteiger partial charge in [-0.1, -0.05) is 12.1 Å². The number of alkyl halides is 2. The van der Waals surface area contributed by atoms with Crippen molar-refractivity contribution in [2.24, 2.45) is 0 Å². The predicted molar refractivity (Wildman–Crippen MR) is 99.0 cm³/mol. The molecule has 2 N–H and O–H groups in total. The molecule has 7 nitrogen and oxygen atoms in total. The molecule has 1 unspecified atom stereocenters. The third-order valence-electron chi connectivity index (χ3n) is 4.50. The SMILES string of the molecule is O=C(NCc1ccc(S(=O)N2CCC(F)(F)C2)cc1)c1cnc2[nH]ncc2c1. The van der Waals surface area contributed by atoms with Gasteiger partial charge in [0.25, 0.3) is 11.8 Å². The van der Waals surface area contributed by atoms with Crippen LogP contribution in [0, 0.1) is 0 Å². The highest BCUT2D eigenvalue weighted by Gasteiger charge is 2.40. The number of hydrogen-bond acceptors (Lipinski definition) is 4. The molecular formula is C18H17F2N5O2S. The largest absolute Gasteiger partial charge is 0.348 e. The fourth-order valence-electron chi connectivity index (χ4n) is 2.96. The van der Waals surface area contributed by atoms with Crippen molar-refractivity contribution in [3.8, 4) is 0 Å². The summed E-state index contributed by atoms with van der Waals surface area (Å²) >= 11 is 0. The van der Waals surface area contributed by atoms with Crippen LogP contribution in [0.25, 0.3) is 11.0 Å². The molecule has 1 aromatic carbocycles. The monoisotopic (exact) mass is 405 g/mol. The molecular weight excluding hydrogens is 388 g/mol. The highest BCUT2D eigenvalue weighted by atomic mass is 32.2. The summed E-state index contributed by atoms with van der Waals surface area (Å²) in [5.74, 6) is -3.06. The zero-order valence-electron chi connectivity index (χ0n) is 14.7. The Balaban J connectivity index is 1.36. The second-order valence-electron chi connectivity index (χ2n) is 6.58. The molecule has 10 heteroatoms. The summed E-state index contributed by atoms with van der Waals surface area (Å²) in [7, 11) is -1.62. The van der Waals surface area contributed by atoms with Crippen molar-refractivity contribution < 1.29 is 17.8 Å². The topological polar surface area (TPSA) is 91.0 Å². The van der Waals surface area contributed by atoms with Gasteiger partial charge in [-0.05, 0) is 23.8 Å². The molecule has 1 saturated heterocycles. The van der Waals surface area contributed by atoms with Crippen LogP contribution in [0.3, 0.4) is 0 Å². The van der Waals surface area contributed by atoms with Gasteiger partial charge in [-0.3, -0.25) is 9.89 Å². The first-order valence-corrected chi connectivity index (χ1v) is 9.73. The number of H-pyrrole nitrogens is 1. The molecule has 2 aromatic heterocycles. The summed E-state index contributed by atoms with van der Waals surface area (Å²) in [5, 5.41) is 10.1. The lowest BCUT2D eigenvalue weighted by molar-refractivity contribution is 0.0187. The van der Waals surface area contributed by atoms with Crippen LogP contribution in [0.5, 0.6) is 0 Å². The Morgan fingerprint density at radius 3 is 2.79 bits per heavy atom. The standard InChI is InChI=1S/C18H17F2N5O2S/c19-18(20)5-6-25(11-18)28(27)15-3-1-12(2-4-15)8-22-17(26)14-7-13-10-23-24-16(13)21-9-14/h1-4,7,9-10H,5-6,8,11H2,(H,22,26)(H,21,23,24). The number of aromatic nitrogens is 3. The van der Waals surface area contributed by atoms with Crippen LogP contribution < -0.4 is 5.32 Å². The summed E-state index contributed by atoms with van der Waals surface area (Å²) in [4.78, 5) is 16.9. The van der Waals surface area contributed by atoms with Crippen LogP contribution in [0.15, 0.2) is 47.6 Å². The molecule has 1 aliphatic heterocycles. The van der Waals surface area contributed by atoms with Gasteiger partial charge in [0.1, 0.15) is 11.0 Å². The highest BCUT2D eigenvalue weighted by molar-refractivity contribution is 7.82. The number of benzene rings is 1. The van der Waals surface area contributed by atoms with Gasteiger partial charge in [-0.25, -0.2) is 22.3 Å². The molecule has 1 atom stereocenters. The molecule has 1 fully saturated rings. The third-order valence-corrected chi connectivity index (χ3v) is 5.96. The van der Waals surface area contributed by atoms with Gasteiger partial charge in [0, 0.05) is 31.1 Å². The van der Waals surface area contributed by atoms with Gasteiger partial charge in [-0.2, -0.15) is 5.10 Å². The number of halogens is 2. The smallest absolute Gasteiger partial charge is 0.262 e. The second kappa shape index (κ2) is 7.36. The van der Waals surface area contributed by atoms with E-state index in [0.717, 1.165) is 10.9 Å². The van der Waals surface area contributed by atoms with Gasteiger partial charge in [-0.15, -0.1) is 0 Å². The number of hydrogen-bond donors (Lipinski definition) is 2. The van der Waals surface area contributed by atoms with Crippen molar-refractivity contribution in [3.05, 3.63) is 53.9 Å². The lowest BCUT2D eigenvalue weighted by Gasteiger charge is -2.15. The van der Waals surface area contributed by atoms with E-state index < -0.39 is 23.5 Å². The van der Waals surface area contributed by atoms with Gasteiger partial charge < -0.3 is 5.32 Å². The van der Waals surface area contributed by atoms with Crippen molar-refractivity contribution in [1.29, 1.82) is 0 Å². The van der Waals surface area contributed by atoms with E-state index in [0.29, 0.717) is 16.1 Å². The van der Waals surface area contributed by atoms with Crippen molar-refractivity contribution in [1.82, 2.24) is 24.8 Å². The van der Waals surface area contributed by atoms with Crippen molar-refractivity contribution in [2.75, 3.05) is 13.1 Å². The number of nitrogens with one attached hydrogen (secondary N) is 2. The molecule has 4 rings (SSSR count). The molecule has 0 spiro atoms. The minimum atomic E-state index is -2.78. The molecule has 0 aliphatic carbocycles. The van der Waals surface area contributed by atoms with Crippen molar-refractivity contribution in [2.45, 2.75) is 23.8 Å². The van der Waals surface area contributed by atoms with E-state index >= 15 is 0 Å². The molecule has 1 amide bonds. The Labute approximate surface area is 161 Å². The fraction of sp³-hybridized carbons (Fsp3) is 0.278. The first-order valence-electron chi connectivity index (χ1n) is 8.62. The van der Waals surface area contributed by atoms with E-state index in [1.54, 1.807) is 36.5 Å². The molecule has 0 bridgehead atoms. The molecule has 1 aliphatic rings. The number of pyridine rings is 1. The van der Waals surface area contributed by atoms with E-state index in [4.69, 9.17) is 0 Å². The quantitative estimate of drug-likeness (QED) is 0.681. The Bertz CT molecular complexity index is 1040. The van der Waals surface area contributed by atoms with Crippen LogP contribution in [-0.4, -0.2) is 48.6 Å². The number of fused-ring (bicyclic) bond motifs is 1. The second-order valence-corrected chi connectivity index (χ2v) is 8.06. The summed E-state index contributed by atoms with van der Waals surface area (Å²) in [6.45, 7) is -0.115. The van der Waals surface area contributed by atoms with Crippen molar-refractivity contribution in [3.63, 3.8) is 0 Å². The maximum atomic E-state index is 13.3. The van der Waals surface area contributed by atoms with E-state index in [9.17, 15) is 17.8 Å². The minimum Gasteiger partial charge on any atom is -0.348 e. The predicted octanol–water partition coefficient (Wildman–Crippen LogP) is 2.25. The Kier molecular flexibility index (Phi) is 4.90. The number of nitrogens with zero attached hydrogens (tertiary/aromatic N) is 3. The molecule has 28 heavy (non-hydrogen) atoms. The fourth-order valence-corrected chi connectivity index (χ4v) is 4.19. The first kappa shape index (κ1) is 18.6. The molecule has 146 valence electrons. The molecule has 3 heterocycles. The Morgan fingerprint density at radius 2 is 2.07 bits per heavy atom. The van der Waals surface area contributed by atoms with Gasteiger partial charge in [0.15, 0.2) is 5.65 Å². The van der Waals surface area contributed by atoms with E-state index in [2.05, 4.69) is 20.5 Å². The third kappa shape index (κ3) is 3.92. The maximum Gasteiger partial charge on any atom is 0.262 e. The molecule has 3 aromatic rings. The summed E-state index contributed by atoms with van der Waals surface area (Å²) < 4.78 is 40.3. The number of carbonyl (C=O) groups excluding carboxylic acids is 1. The van der Waals surface area contributed by atoms with Crippen LogP contribution in [0.4, 0.5) is 8.78 Å². The number of aromatic amines is 1. The average molecular weight is 405 g/mol. The number of carbonyl (C=O) groups is 1. The highest BCUT2D eigenvalue weighted by Crippen LogP contribution is 2.29. The zero-order chi connectivity index (χ0) is 19.7. The van der Waals surface area contributed by atoms with E-state index in [1.807, 2.05) is 0 Å². The normalized spacial score (nSPS) is 17.6. The first-order chi connectivity index (χ1) is 13.4. The van der Waals surface area contributed by atoms with Gasteiger partial charge in [0.2, 0.25) is 0 Å². The summed E-state index contributed by atoms with van der Waals surface area (Å²) in [5.41, 5.74) is 1.83. The van der Waals surface area contributed by atoms with E-state index in [1.165, 1.54) is 10.5 Å². The number of amides is 1. The number of rotatable bonds is 5. The average Bonchev–Trinajstić information content (AvgIpc) is 3.31. The van der Waals surface area contributed by atoms with Gasteiger partial charge in [0.05, 0.1) is 23.2 Å². The summed E-state index contributed by atoms with van der Waals surface area (Å²) in [6.07, 6.45) is 2.78. The summed E-state index contributed by atoms with van der Waals surface area (Å²) in [6, 6.07) is 8.40. The minimum absolute atomic E-state index is 0.104. The van der Waals surface area contributed by atoms with Gasteiger partial charge >= 0.3 is 0 Å². The zero-order valence-corrected chi connectivity index (χ0v) is 15.5. The molecule has 0 radical (unpaired) electrons. The Hall–Kier alpha value is -2.72. The maximum absolute atomic E-state index is 13.3.